The third kappa shape index (κ3) is 3.95. The summed E-state index contributed by atoms with van der Waals surface area (Å²) >= 11 is 3.41. The Hall–Kier alpha value is -1.09. The van der Waals surface area contributed by atoms with Crippen LogP contribution in [0.25, 0.3) is 0 Å². The molecule has 1 aromatic rings. The van der Waals surface area contributed by atoms with E-state index in [1.807, 2.05) is 12.1 Å². The molecule has 1 unspecified atom stereocenters. The quantitative estimate of drug-likeness (QED) is 0.667. The molecule has 0 saturated heterocycles. The van der Waals surface area contributed by atoms with Gasteiger partial charge in [-0.05, 0) is 47.0 Å². The van der Waals surface area contributed by atoms with Gasteiger partial charge in [-0.25, -0.2) is 0 Å². The molecule has 1 rings (SSSR count). The number of aliphatic hydroxyl groups is 1. The number of nitrogens with zero attached hydrogens (tertiary/aromatic N) is 1. The smallest absolute Gasteiger partial charge is 0.101 e. The third-order valence-electron chi connectivity index (χ3n) is 3.54. The van der Waals surface area contributed by atoms with Crippen LogP contribution in [0.4, 0.5) is 5.69 Å². The molecule has 4 nitrogen and oxygen atoms in total. The highest BCUT2D eigenvalue weighted by Gasteiger charge is 2.26. The summed E-state index contributed by atoms with van der Waals surface area (Å²) in [5, 5.41) is 21.6. The molecule has 4 N–H and O–H groups in total. The van der Waals surface area contributed by atoms with Gasteiger partial charge in [-0.15, -0.1) is 0 Å². The maximum atomic E-state index is 9.17. The van der Waals surface area contributed by atoms with E-state index < -0.39 is 0 Å². The molecule has 1 atom stereocenters. The molecule has 0 amide bonds. The number of aliphatic hydroxyl groups excluding tert-OH is 1. The van der Waals surface area contributed by atoms with Crippen LogP contribution in [0, 0.1) is 11.3 Å². The van der Waals surface area contributed by atoms with Crippen molar-refractivity contribution in [3.05, 3.63) is 27.7 Å². The lowest BCUT2D eigenvalue weighted by Crippen LogP contribution is -2.41. The monoisotopic (exact) mass is 339 g/mol. The highest BCUT2D eigenvalue weighted by molar-refractivity contribution is 9.10. The lowest BCUT2D eigenvalue weighted by Gasteiger charge is -2.32. The second kappa shape index (κ2) is 7.63. The number of anilines is 1. The fourth-order valence-electron chi connectivity index (χ4n) is 2.23. The van der Waals surface area contributed by atoms with Gasteiger partial charge in [-0.1, -0.05) is 19.8 Å². The first-order chi connectivity index (χ1) is 9.48. The molecular weight excluding hydrogens is 318 g/mol. The first kappa shape index (κ1) is 17.0. The van der Waals surface area contributed by atoms with E-state index in [2.05, 4.69) is 41.2 Å². The summed E-state index contributed by atoms with van der Waals surface area (Å²) in [6, 6.07) is 5.92. The summed E-state index contributed by atoms with van der Waals surface area (Å²) in [5.74, 6) is 0. The summed E-state index contributed by atoms with van der Waals surface area (Å²) in [6.07, 6.45) is 3.10. The average molecular weight is 340 g/mol. The van der Waals surface area contributed by atoms with Crippen LogP contribution in [0.2, 0.25) is 0 Å². The van der Waals surface area contributed by atoms with Gasteiger partial charge in [0.05, 0.1) is 17.9 Å². The van der Waals surface area contributed by atoms with E-state index in [1.165, 1.54) is 0 Å². The molecule has 0 spiro atoms. The van der Waals surface area contributed by atoms with Gasteiger partial charge in [0.15, 0.2) is 0 Å². The zero-order valence-electron chi connectivity index (χ0n) is 12.0. The molecule has 5 heteroatoms. The molecule has 0 aromatic heterocycles. The Bertz CT molecular complexity index is 489. The van der Waals surface area contributed by atoms with Crippen LogP contribution >= 0.6 is 15.9 Å². The third-order valence-corrected chi connectivity index (χ3v) is 4.20. The molecule has 0 bridgehead atoms. The van der Waals surface area contributed by atoms with E-state index >= 15 is 0 Å². The van der Waals surface area contributed by atoms with Crippen molar-refractivity contribution in [3.8, 4) is 6.07 Å². The van der Waals surface area contributed by atoms with Gasteiger partial charge in [-0.3, -0.25) is 0 Å². The fraction of sp³-hybridized carbons (Fsp3) is 0.533. The maximum Gasteiger partial charge on any atom is 0.101 e. The van der Waals surface area contributed by atoms with Crippen LogP contribution in [0.15, 0.2) is 16.6 Å². The number of nitrogens with one attached hydrogen (secondary N) is 1. The van der Waals surface area contributed by atoms with Crippen molar-refractivity contribution in [3.63, 3.8) is 0 Å². The van der Waals surface area contributed by atoms with Crippen LogP contribution in [-0.4, -0.2) is 18.3 Å². The van der Waals surface area contributed by atoms with E-state index in [0.29, 0.717) is 17.8 Å². The van der Waals surface area contributed by atoms with E-state index in [9.17, 15) is 5.26 Å². The Kier molecular flexibility index (Phi) is 6.47. The Morgan fingerprint density at radius 3 is 2.75 bits per heavy atom. The molecule has 0 aliphatic heterocycles. The van der Waals surface area contributed by atoms with E-state index in [1.54, 1.807) is 0 Å². The zero-order valence-corrected chi connectivity index (χ0v) is 13.6. The van der Waals surface area contributed by atoms with E-state index in [4.69, 9.17) is 10.8 Å². The maximum absolute atomic E-state index is 9.17. The second-order valence-corrected chi connectivity index (χ2v) is 5.97. The van der Waals surface area contributed by atoms with Gasteiger partial charge in [0.25, 0.3) is 0 Å². The normalized spacial score (nSPS) is 13.8. The van der Waals surface area contributed by atoms with Crippen LogP contribution in [-0.2, 0) is 5.54 Å². The predicted molar refractivity (Wildman–Crippen MR) is 85.2 cm³/mol. The minimum absolute atomic E-state index is 0.0863. The largest absolute Gasteiger partial charge is 0.397 e. The number of benzene rings is 1. The van der Waals surface area contributed by atoms with Crippen LogP contribution in [0.1, 0.15) is 44.2 Å². The highest BCUT2D eigenvalue weighted by Crippen LogP contribution is 2.33. The number of hydrogen-bond donors (Lipinski definition) is 3. The van der Waals surface area contributed by atoms with Crippen molar-refractivity contribution in [1.82, 2.24) is 5.32 Å². The number of nitriles is 1. The van der Waals surface area contributed by atoms with Crippen molar-refractivity contribution in [2.45, 2.75) is 38.6 Å². The second-order valence-electron chi connectivity index (χ2n) is 5.12. The van der Waals surface area contributed by atoms with Crippen LogP contribution < -0.4 is 11.1 Å². The Morgan fingerprint density at radius 2 is 2.20 bits per heavy atom. The van der Waals surface area contributed by atoms with E-state index in [0.717, 1.165) is 29.3 Å². The van der Waals surface area contributed by atoms with Crippen molar-refractivity contribution in [2.24, 2.45) is 0 Å². The Balaban J connectivity index is 3.19. The fourth-order valence-corrected chi connectivity index (χ4v) is 2.69. The van der Waals surface area contributed by atoms with Crippen molar-refractivity contribution >= 4 is 21.6 Å². The molecule has 0 saturated carbocycles. The van der Waals surface area contributed by atoms with Gasteiger partial charge >= 0.3 is 0 Å². The van der Waals surface area contributed by atoms with E-state index in [-0.39, 0.29) is 12.1 Å². The topological polar surface area (TPSA) is 82.1 Å². The molecule has 0 radical (unpaired) electrons. The molecule has 20 heavy (non-hydrogen) atoms. The van der Waals surface area contributed by atoms with Gasteiger partial charge in [0, 0.05) is 16.6 Å². The SMILES string of the molecule is CCCCC(C)(NCCO)c1cc(Br)c(N)c(C#N)c1. The van der Waals surface area contributed by atoms with Crippen molar-refractivity contribution in [2.75, 3.05) is 18.9 Å². The first-order valence-electron chi connectivity index (χ1n) is 6.84. The minimum atomic E-state index is -0.277. The summed E-state index contributed by atoms with van der Waals surface area (Å²) in [5.41, 5.74) is 7.55. The van der Waals surface area contributed by atoms with Crippen molar-refractivity contribution < 1.29 is 5.11 Å². The number of halogens is 1. The van der Waals surface area contributed by atoms with Crippen LogP contribution in [0.5, 0.6) is 0 Å². The molecule has 1 aromatic carbocycles. The zero-order chi connectivity index (χ0) is 15.2. The number of nitrogens with two attached hydrogens (primary N) is 1. The lowest BCUT2D eigenvalue weighted by molar-refractivity contribution is 0.250. The standard InChI is InChI=1S/C15H22BrN3O/c1-3-4-5-15(2,19-6-7-20)12-8-11(10-17)14(18)13(16)9-12/h8-9,19-20H,3-7,18H2,1-2H3. The van der Waals surface area contributed by atoms with Crippen LogP contribution in [0.3, 0.4) is 0 Å². The summed E-state index contributed by atoms with van der Waals surface area (Å²) in [7, 11) is 0. The summed E-state index contributed by atoms with van der Waals surface area (Å²) in [4.78, 5) is 0. The molecule has 0 heterocycles. The number of rotatable bonds is 7. The first-order valence-corrected chi connectivity index (χ1v) is 7.63. The number of hydrogen-bond acceptors (Lipinski definition) is 4. The molecule has 0 aliphatic carbocycles. The Morgan fingerprint density at radius 1 is 1.50 bits per heavy atom. The molecule has 0 aliphatic rings. The molecular formula is C15H22BrN3O. The van der Waals surface area contributed by atoms with Gasteiger partial charge in [0.2, 0.25) is 0 Å². The molecule has 0 fully saturated rings. The summed E-state index contributed by atoms with van der Waals surface area (Å²) in [6.45, 7) is 4.84. The Labute approximate surface area is 129 Å². The lowest BCUT2D eigenvalue weighted by atomic mass is 9.85. The van der Waals surface area contributed by atoms with Gasteiger partial charge in [0.1, 0.15) is 6.07 Å². The van der Waals surface area contributed by atoms with Crippen molar-refractivity contribution in [1.29, 1.82) is 5.26 Å². The summed E-state index contributed by atoms with van der Waals surface area (Å²) < 4.78 is 0.736. The predicted octanol–water partition coefficient (Wildman–Crippen LogP) is 2.89. The molecule has 110 valence electrons. The van der Waals surface area contributed by atoms with Gasteiger partial charge < -0.3 is 16.2 Å². The van der Waals surface area contributed by atoms with Gasteiger partial charge in [-0.2, -0.15) is 5.26 Å². The minimum Gasteiger partial charge on any atom is -0.397 e. The number of unbranched alkanes of at least 4 members (excludes halogenated alkanes) is 1. The number of nitrogen functional groups attached to an aromatic ring is 1. The highest BCUT2D eigenvalue weighted by atomic mass is 79.9. The average Bonchev–Trinajstić information content (AvgIpc) is 2.45.